The van der Waals surface area contributed by atoms with Gasteiger partial charge < -0.3 is 16.4 Å². The first-order chi connectivity index (χ1) is 8.86. The van der Waals surface area contributed by atoms with Crippen molar-refractivity contribution < 1.29 is 0 Å². The molecule has 2 aromatic rings. The Morgan fingerprint density at radius 2 is 1.72 bits per heavy atom. The summed E-state index contributed by atoms with van der Waals surface area (Å²) < 4.78 is 1.69. The molecule has 0 atom stereocenters. The highest BCUT2D eigenvalue weighted by Gasteiger charge is 2.14. The van der Waals surface area contributed by atoms with E-state index >= 15 is 0 Å². The summed E-state index contributed by atoms with van der Waals surface area (Å²) in [7, 11) is 0. The molecule has 0 saturated carbocycles. The summed E-state index contributed by atoms with van der Waals surface area (Å²) in [6, 6.07) is 9.73. The molecule has 0 bridgehead atoms. The number of para-hydroxylation sites is 1. The van der Waals surface area contributed by atoms with E-state index in [9.17, 15) is 0 Å². The number of anilines is 1. The maximum atomic E-state index is 5.59. The zero-order valence-electron chi connectivity index (χ0n) is 10.1. The van der Waals surface area contributed by atoms with E-state index in [1.165, 1.54) is 0 Å². The average Bonchev–Trinajstić information content (AvgIpc) is 2.88. The molecule has 18 heavy (non-hydrogen) atoms. The van der Waals surface area contributed by atoms with E-state index in [0.717, 1.165) is 5.69 Å². The monoisotopic (exact) mass is 247 g/mol. The van der Waals surface area contributed by atoms with Gasteiger partial charge in [-0.2, -0.15) is 4.68 Å². The van der Waals surface area contributed by atoms with Crippen molar-refractivity contribution in [3.05, 3.63) is 30.3 Å². The summed E-state index contributed by atoms with van der Waals surface area (Å²) in [5.74, 6) is 0.664. The van der Waals surface area contributed by atoms with E-state index in [-0.39, 0.29) is 0 Å². The van der Waals surface area contributed by atoms with Crippen LogP contribution in [0.15, 0.2) is 30.3 Å². The predicted octanol–water partition coefficient (Wildman–Crippen LogP) is -0.614. The van der Waals surface area contributed by atoms with Gasteiger partial charge in [0.1, 0.15) is 0 Å². The van der Waals surface area contributed by atoms with Crippen LogP contribution in [-0.2, 0) is 0 Å². The first-order valence-corrected chi connectivity index (χ1v) is 5.85. The van der Waals surface area contributed by atoms with Gasteiger partial charge in [0.15, 0.2) is 0 Å². The second-order valence-electron chi connectivity index (χ2n) is 3.79. The third-order valence-electron chi connectivity index (χ3n) is 2.53. The van der Waals surface area contributed by atoms with E-state index in [1.54, 1.807) is 4.68 Å². The summed E-state index contributed by atoms with van der Waals surface area (Å²) in [6.45, 7) is 2.40. The number of benzene rings is 1. The minimum Gasteiger partial charge on any atom is -0.337 e. The molecule has 0 spiro atoms. The maximum absolute atomic E-state index is 5.59. The van der Waals surface area contributed by atoms with E-state index < -0.39 is 0 Å². The van der Waals surface area contributed by atoms with Crippen molar-refractivity contribution in [1.29, 1.82) is 0 Å². The fourth-order valence-corrected chi connectivity index (χ4v) is 1.74. The Balaban J connectivity index is 2.31. The second-order valence-corrected chi connectivity index (χ2v) is 3.79. The highest BCUT2D eigenvalue weighted by Crippen LogP contribution is 2.14. The minimum absolute atomic E-state index is 0.529. The molecule has 0 aliphatic rings. The molecule has 0 unspecified atom stereocenters. The van der Waals surface area contributed by atoms with Crippen LogP contribution < -0.4 is 16.4 Å². The Kier molecular flexibility index (Phi) is 4.21. The largest absolute Gasteiger partial charge is 0.337 e. The number of rotatable bonds is 6. The first kappa shape index (κ1) is 12.5. The van der Waals surface area contributed by atoms with Gasteiger partial charge >= 0.3 is 0 Å². The quantitative estimate of drug-likeness (QED) is 0.706. The molecule has 0 saturated heterocycles. The summed E-state index contributed by atoms with van der Waals surface area (Å²) in [5, 5.41) is 11.8. The molecular weight excluding hydrogens is 230 g/mol. The van der Waals surface area contributed by atoms with Crippen molar-refractivity contribution in [2.24, 2.45) is 11.5 Å². The van der Waals surface area contributed by atoms with Gasteiger partial charge in [-0.25, -0.2) is 0 Å². The SMILES string of the molecule is NCCN(CCN)c1nnnn1-c1ccccc1. The molecule has 1 heterocycles. The van der Waals surface area contributed by atoms with Gasteiger partial charge in [0, 0.05) is 26.2 Å². The van der Waals surface area contributed by atoms with Crippen LogP contribution in [0.3, 0.4) is 0 Å². The van der Waals surface area contributed by atoms with Gasteiger partial charge in [-0.1, -0.05) is 23.3 Å². The number of hydrogen-bond acceptors (Lipinski definition) is 6. The van der Waals surface area contributed by atoms with Crippen LogP contribution in [0.5, 0.6) is 0 Å². The fourth-order valence-electron chi connectivity index (χ4n) is 1.74. The molecule has 0 radical (unpaired) electrons. The fraction of sp³-hybridized carbons (Fsp3) is 0.364. The topological polar surface area (TPSA) is 98.9 Å². The molecule has 7 heteroatoms. The summed E-state index contributed by atoms with van der Waals surface area (Å²) >= 11 is 0. The van der Waals surface area contributed by atoms with E-state index in [4.69, 9.17) is 11.5 Å². The lowest BCUT2D eigenvalue weighted by atomic mass is 10.3. The Bertz CT molecular complexity index is 461. The summed E-state index contributed by atoms with van der Waals surface area (Å²) in [4.78, 5) is 1.98. The van der Waals surface area contributed by atoms with Crippen LogP contribution in [0.1, 0.15) is 0 Å². The molecular formula is C11H17N7. The van der Waals surface area contributed by atoms with Crippen LogP contribution in [-0.4, -0.2) is 46.4 Å². The Morgan fingerprint density at radius 3 is 2.33 bits per heavy atom. The van der Waals surface area contributed by atoms with Gasteiger partial charge in [-0.15, -0.1) is 0 Å². The summed E-state index contributed by atoms with van der Waals surface area (Å²) in [5.41, 5.74) is 12.1. The molecule has 1 aromatic carbocycles. The number of aromatic nitrogens is 4. The first-order valence-electron chi connectivity index (χ1n) is 5.85. The molecule has 2 rings (SSSR count). The third-order valence-corrected chi connectivity index (χ3v) is 2.53. The molecule has 0 amide bonds. The highest BCUT2D eigenvalue weighted by atomic mass is 15.6. The Morgan fingerprint density at radius 1 is 1.06 bits per heavy atom. The van der Waals surface area contributed by atoms with Gasteiger partial charge in [-0.05, 0) is 22.6 Å². The third kappa shape index (κ3) is 2.63. The van der Waals surface area contributed by atoms with Gasteiger partial charge in [0.2, 0.25) is 5.95 Å². The predicted molar refractivity (Wildman–Crippen MR) is 69.5 cm³/mol. The van der Waals surface area contributed by atoms with Crippen molar-refractivity contribution >= 4 is 5.95 Å². The minimum atomic E-state index is 0.529. The van der Waals surface area contributed by atoms with Gasteiger partial charge in [0.25, 0.3) is 0 Å². The van der Waals surface area contributed by atoms with Crippen LogP contribution in [0.25, 0.3) is 5.69 Å². The number of nitrogens with zero attached hydrogens (tertiary/aromatic N) is 5. The molecule has 96 valence electrons. The van der Waals surface area contributed by atoms with Crippen molar-refractivity contribution in [3.63, 3.8) is 0 Å². The lowest BCUT2D eigenvalue weighted by Crippen LogP contribution is -2.35. The number of tetrazole rings is 1. The lowest BCUT2D eigenvalue weighted by Gasteiger charge is -2.21. The van der Waals surface area contributed by atoms with Gasteiger partial charge in [0.05, 0.1) is 5.69 Å². The zero-order chi connectivity index (χ0) is 12.8. The lowest BCUT2D eigenvalue weighted by molar-refractivity contribution is 0.726. The Hall–Kier alpha value is -1.99. The summed E-state index contributed by atoms with van der Waals surface area (Å²) in [6.07, 6.45) is 0. The second kappa shape index (κ2) is 6.08. The molecule has 4 N–H and O–H groups in total. The molecule has 7 nitrogen and oxygen atoms in total. The van der Waals surface area contributed by atoms with Crippen LogP contribution in [0.4, 0.5) is 5.95 Å². The number of hydrogen-bond donors (Lipinski definition) is 2. The molecule has 0 aliphatic heterocycles. The molecule has 1 aromatic heterocycles. The molecule has 0 fully saturated rings. The van der Waals surface area contributed by atoms with Gasteiger partial charge in [-0.3, -0.25) is 0 Å². The van der Waals surface area contributed by atoms with Crippen molar-refractivity contribution in [2.45, 2.75) is 0 Å². The van der Waals surface area contributed by atoms with Crippen molar-refractivity contribution in [2.75, 3.05) is 31.1 Å². The van der Waals surface area contributed by atoms with Crippen LogP contribution >= 0.6 is 0 Å². The smallest absolute Gasteiger partial charge is 0.250 e. The van der Waals surface area contributed by atoms with Crippen LogP contribution in [0, 0.1) is 0 Å². The van der Waals surface area contributed by atoms with E-state index in [0.29, 0.717) is 32.1 Å². The average molecular weight is 247 g/mol. The van der Waals surface area contributed by atoms with Crippen LogP contribution in [0.2, 0.25) is 0 Å². The Labute approximate surface area is 105 Å². The maximum Gasteiger partial charge on any atom is 0.250 e. The van der Waals surface area contributed by atoms with Crippen molar-refractivity contribution in [1.82, 2.24) is 20.2 Å². The standard InChI is InChI=1S/C11H17N7/c12-6-8-17(9-7-13)11-14-15-16-18(11)10-4-2-1-3-5-10/h1-5H,6-9,12-13H2. The van der Waals surface area contributed by atoms with E-state index in [2.05, 4.69) is 15.5 Å². The van der Waals surface area contributed by atoms with E-state index in [1.807, 2.05) is 35.2 Å². The highest BCUT2D eigenvalue weighted by molar-refractivity contribution is 5.40. The molecule has 0 aliphatic carbocycles. The number of nitrogens with two attached hydrogens (primary N) is 2. The zero-order valence-corrected chi connectivity index (χ0v) is 10.1. The van der Waals surface area contributed by atoms with Crippen molar-refractivity contribution in [3.8, 4) is 5.69 Å². The normalized spacial score (nSPS) is 10.6.